The van der Waals surface area contributed by atoms with Gasteiger partial charge in [-0.15, -0.1) is 11.3 Å². The number of nitrogens with zero attached hydrogens (tertiary/aromatic N) is 1. The van der Waals surface area contributed by atoms with Gasteiger partial charge in [0, 0.05) is 6.54 Å². The summed E-state index contributed by atoms with van der Waals surface area (Å²) in [4.78, 5) is 2.98. The lowest BCUT2D eigenvalue weighted by Gasteiger charge is -2.14. The van der Waals surface area contributed by atoms with E-state index in [0.717, 1.165) is 23.6 Å². The summed E-state index contributed by atoms with van der Waals surface area (Å²) >= 11 is 1.54. The van der Waals surface area contributed by atoms with E-state index in [2.05, 4.69) is 4.90 Å². The van der Waals surface area contributed by atoms with E-state index in [0.29, 0.717) is 0 Å². The van der Waals surface area contributed by atoms with Crippen molar-refractivity contribution >= 4 is 11.3 Å². The molecule has 0 radical (unpaired) electrons. The molecule has 80 valence electrons. The second-order valence-corrected chi connectivity index (χ2v) is 4.41. The van der Waals surface area contributed by atoms with E-state index >= 15 is 0 Å². The van der Waals surface area contributed by atoms with Gasteiger partial charge in [-0.25, -0.2) is 0 Å². The predicted molar refractivity (Wildman–Crippen MR) is 59.0 cm³/mol. The van der Waals surface area contributed by atoms with E-state index in [4.69, 9.17) is 4.74 Å². The van der Waals surface area contributed by atoms with Gasteiger partial charge in [-0.05, 0) is 32.0 Å². The molecule has 1 rings (SSSR count). The fraction of sp³-hybridized carbons (Fsp3) is 0.600. The van der Waals surface area contributed by atoms with Crippen LogP contribution in [0.1, 0.15) is 17.4 Å². The van der Waals surface area contributed by atoms with Gasteiger partial charge in [-0.2, -0.15) is 0 Å². The van der Waals surface area contributed by atoms with E-state index in [-0.39, 0.29) is 0 Å². The van der Waals surface area contributed by atoms with Crippen LogP contribution in [0.4, 0.5) is 0 Å². The van der Waals surface area contributed by atoms with Gasteiger partial charge in [0.15, 0.2) is 0 Å². The molecule has 0 spiro atoms. The minimum atomic E-state index is -0.410. The number of aliphatic hydroxyl groups excluding tert-OH is 1. The molecule has 0 amide bonds. The van der Waals surface area contributed by atoms with Gasteiger partial charge in [-0.3, -0.25) is 0 Å². The van der Waals surface area contributed by atoms with Crippen molar-refractivity contribution in [2.24, 2.45) is 0 Å². The molecule has 0 aromatic carbocycles. The van der Waals surface area contributed by atoms with Crippen LogP contribution in [0.5, 0.6) is 5.75 Å². The third-order valence-corrected chi connectivity index (χ3v) is 3.03. The zero-order chi connectivity index (χ0) is 10.6. The molecule has 0 fully saturated rings. The fourth-order valence-corrected chi connectivity index (χ4v) is 2.11. The third kappa shape index (κ3) is 2.97. The molecule has 1 aromatic heterocycles. The molecule has 14 heavy (non-hydrogen) atoms. The van der Waals surface area contributed by atoms with Crippen molar-refractivity contribution in [2.75, 3.05) is 27.7 Å². The quantitative estimate of drug-likeness (QED) is 0.812. The van der Waals surface area contributed by atoms with Crippen LogP contribution in [0.3, 0.4) is 0 Å². The van der Waals surface area contributed by atoms with Crippen molar-refractivity contribution in [1.29, 1.82) is 0 Å². The number of ether oxygens (including phenoxy) is 1. The van der Waals surface area contributed by atoms with Crippen molar-refractivity contribution < 1.29 is 9.84 Å². The van der Waals surface area contributed by atoms with Gasteiger partial charge in [0.2, 0.25) is 0 Å². The standard InChI is InChI=1S/C10H17NO2S/c1-11(2)6-4-8(12)10-9(13-3)5-7-14-10/h5,7-8,12H,4,6H2,1-3H3. The lowest BCUT2D eigenvalue weighted by molar-refractivity contribution is 0.154. The van der Waals surface area contributed by atoms with E-state index in [1.165, 1.54) is 0 Å². The van der Waals surface area contributed by atoms with Gasteiger partial charge in [0.1, 0.15) is 5.75 Å². The Morgan fingerprint density at radius 3 is 2.86 bits per heavy atom. The number of hydrogen-bond acceptors (Lipinski definition) is 4. The van der Waals surface area contributed by atoms with Crippen molar-refractivity contribution in [3.63, 3.8) is 0 Å². The van der Waals surface area contributed by atoms with Crippen LogP contribution in [0, 0.1) is 0 Å². The van der Waals surface area contributed by atoms with Crippen LogP contribution in [-0.4, -0.2) is 37.8 Å². The molecule has 0 bridgehead atoms. The largest absolute Gasteiger partial charge is 0.495 e. The van der Waals surface area contributed by atoms with Crippen molar-refractivity contribution in [1.82, 2.24) is 4.90 Å². The lowest BCUT2D eigenvalue weighted by atomic mass is 10.2. The van der Waals surface area contributed by atoms with Crippen molar-refractivity contribution in [2.45, 2.75) is 12.5 Å². The molecule has 1 N–H and O–H groups in total. The lowest BCUT2D eigenvalue weighted by Crippen LogP contribution is -2.15. The van der Waals surface area contributed by atoms with E-state index < -0.39 is 6.10 Å². The average Bonchev–Trinajstić information content (AvgIpc) is 2.61. The molecule has 1 atom stereocenters. The van der Waals surface area contributed by atoms with Gasteiger partial charge >= 0.3 is 0 Å². The Morgan fingerprint density at radius 1 is 1.57 bits per heavy atom. The molecule has 1 aromatic rings. The molecular formula is C10H17NO2S. The summed E-state index contributed by atoms with van der Waals surface area (Å²) in [5.41, 5.74) is 0. The summed E-state index contributed by atoms with van der Waals surface area (Å²) in [6.07, 6.45) is 0.330. The molecule has 0 aliphatic carbocycles. The molecule has 0 aliphatic rings. The predicted octanol–water partition coefficient (Wildman–Crippen LogP) is 1.74. The second kappa shape index (κ2) is 5.34. The molecule has 4 heteroatoms. The maximum atomic E-state index is 9.87. The zero-order valence-corrected chi connectivity index (χ0v) is 9.67. The Bertz CT molecular complexity index is 273. The van der Waals surface area contributed by atoms with E-state index in [9.17, 15) is 5.11 Å². The monoisotopic (exact) mass is 215 g/mol. The van der Waals surface area contributed by atoms with Gasteiger partial charge in [0.25, 0.3) is 0 Å². The van der Waals surface area contributed by atoms with E-state index in [1.54, 1.807) is 18.4 Å². The zero-order valence-electron chi connectivity index (χ0n) is 8.86. The fourth-order valence-electron chi connectivity index (χ4n) is 1.23. The molecule has 1 unspecified atom stereocenters. The summed E-state index contributed by atoms with van der Waals surface area (Å²) in [6, 6.07) is 1.89. The topological polar surface area (TPSA) is 32.7 Å². The van der Waals surface area contributed by atoms with Gasteiger partial charge < -0.3 is 14.7 Å². The molecule has 0 aliphatic heterocycles. The third-order valence-electron chi connectivity index (χ3n) is 2.03. The second-order valence-electron chi connectivity index (χ2n) is 3.46. The smallest absolute Gasteiger partial charge is 0.135 e. The maximum absolute atomic E-state index is 9.87. The molecule has 3 nitrogen and oxygen atoms in total. The Balaban J connectivity index is 2.55. The summed E-state index contributed by atoms with van der Waals surface area (Å²) in [5.74, 6) is 0.793. The molecule has 1 heterocycles. The maximum Gasteiger partial charge on any atom is 0.135 e. The first-order chi connectivity index (χ1) is 6.65. The summed E-state index contributed by atoms with van der Waals surface area (Å²) in [7, 11) is 5.63. The van der Waals surface area contributed by atoms with Crippen LogP contribution in [0.2, 0.25) is 0 Å². The first kappa shape index (κ1) is 11.5. The van der Waals surface area contributed by atoms with Gasteiger partial charge in [0.05, 0.1) is 18.1 Å². The van der Waals surface area contributed by atoms with Crippen LogP contribution >= 0.6 is 11.3 Å². The van der Waals surface area contributed by atoms with Crippen molar-refractivity contribution in [3.8, 4) is 5.75 Å². The Morgan fingerprint density at radius 2 is 2.29 bits per heavy atom. The first-order valence-corrected chi connectivity index (χ1v) is 5.47. The van der Waals surface area contributed by atoms with Crippen LogP contribution in [0.15, 0.2) is 11.4 Å². The number of hydrogen-bond donors (Lipinski definition) is 1. The van der Waals surface area contributed by atoms with Crippen LogP contribution in [0.25, 0.3) is 0 Å². The first-order valence-electron chi connectivity index (χ1n) is 4.59. The van der Waals surface area contributed by atoms with Crippen molar-refractivity contribution in [3.05, 3.63) is 16.3 Å². The number of aliphatic hydroxyl groups is 1. The van der Waals surface area contributed by atoms with Crippen LogP contribution in [-0.2, 0) is 0 Å². The molecule has 0 saturated heterocycles. The summed E-state index contributed by atoms with van der Waals surface area (Å²) in [5, 5.41) is 11.8. The Hall–Kier alpha value is -0.580. The highest BCUT2D eigenvalue weighted by Crippen LogP contribution is 2.32. The highest BCUT2D eigenvalue weighted by molar-refractivity contribution is 7.10. The summed E-state index contributed by atoms with van der Waals surface area (Å²) in [6.45, 7) is 0.877. The number of methoxy groups -OCH3 is 1. The minimum absolute atomic E-state index is 0.410. The minimum Gasteiger partial charge on any atom is -0.495 e. The number of rotatable bonds is 5. The SMILES string of the molecule is COc1ccsc1C(O)CCN(C)C. The molecular weight excluding hydrogens is 198 g/mol. The van der Waals surface area contributed by atoms with E-state index in [1.807, 2.05) is 25.5 Å². The number of thiophene rings is 1. The molecule has 0 saturated carbocycles. The Kier molecular flexibility index (Phi) is 4.38. The normalized spacial score (nSPS) is 13.2. The Labute approximate surface area is 88.9 Å². The van der Waals surface area contributed by atoms with Crippen LogP contribution < -0.4 is 4.74 Å². The highest BCUT2D eigenvalue weighted by Gasteiger charge is 2.14. The average molecular weight is 215 g/mol. The summed E-state index contributed by atoms with van der Waals surface area (Å²) < 4.78 is 5.15. The highest BCUT2D eigenvalue weighted by atomic mass is 32.1. The van der Waals surface area contributed by atoms with Gasteiger partial charge in [-0.1, -0.05) is 0 Å².